The van der Waals surface area contributed by atoms with Gasteiger partial charge in [0.05, 0.1) is 18.9 Å². The molecule has 2 aromatic carbocycles. The first-order valence-electron chi connectivity index (χ1n) is 12.9. The first-order chi connectivity index (χ1) is 18.1. The molecule has 37 heavy (non-hydrogen) atoms. The molecular formula is C28H33ClN6O2. The summed E-state index contributed by atoms with van der Waals surface area (Å²) in [5.74, 6) is 0.580. The van der Waals surface area contributed by atoms with E-state index in [4.69, 9.17) is 16.3 Å². The normalized spacial score (nSPS) is 17.1. The molecule has 9 heteroatoms. The first-order valence-corrected chi connectivity index (χ1v) is 13.3. The maximum Gasteiger partial charge on any atom is 0.253 e. The summed E-state index contributed by atoms with van der Waals surface area (Å²) in [7, 11) is 0. The van der Waals surface area contributed by atoms with Gasteiger partial charge in [-0.15, -0.1) is 0 Å². The quantitative estimate of drug-likeness (QED) is 0.481. The maximum atomic E-state index is 13.1. The number of benzene rings is 2. The van der Waals surface area contributed by atoms with E-state index in [2.05, 4.69) is 25.1 Å². The van der Waals surface area contributed by atoms with E-state index in [1.54, 1.807) is 6.20 Å². The van der Waals surface area contributed by atoms with Crippen molar-refractivity contribution in [3.05, 3.63) is 71.4 Å². The fraction of sp³-hybridized carbons (Fsp3) is 0.393. The van der Waals surface area contributed by atoms with Crippen molar-refractivity contribution in [1.82, 2.24) is 24.7 Å². The van der Waals surface area contributed by atoms with Crippen LogP contribution in [0.3, 0.4) is 0 Å². The van der Waals surface area contributed by atoms with Gasteiger partial charge in [-0.3, -0.25) is 14.6 Å². The Labute approximate surface area is 223 Å². The Balaban J connectivity index is 1.10. The van der Waals surface area contributed by atoms with Crippen molar-refractivity contribution in [2.24, 2.45) is 0 Å². The average Bonchev–Trinajstić information content (AvgIpc) is 2.95. The number of ether oxygens (including phenoxy) is 1. The third-order valence-electron chi connectivity index (χ3n) is 6.90. The molecule has 0 aliphatic carbocycles. The maximum absolute atomic E-state index is 13.1. The Kier molecular flexibility index (Phi) is 8.63. The molecule has 3 heterocycles. The van der Waals surface area contributed by atoms with Crippen molar-refractivity contribution in [3.8, 4) is 11.3 Å². The summed E-state index contributed by atoms with van der Waals surface area (Å²) in [6.07, 6.45) is 2.88. The number of anilines is 2. The molecule has 1 N–H and O–H groups in total. The largest absolute Gasteiger partial charge is 0.379 e. The van der Waals surface area contributed by atoms with Crippen LogP contribution in [0.25, 0.3) is 11.3 Å². The highest BCUT2D eigenvalue weighted by Gasteiger charge is 2.22. The minimum absolute atomic E-state index is 0.0838. The number of aromatic nitrogens is 2. The molecule has 0 unspecified atom stereocenters. The monoisotopic (exact) mass is 520 g/mol. The number of rotatable bonds is 8. The summed E-state index contributed by atoms with van der Waals surface area (Å²) in [5.41, 5.74) is 3.30. The van der Waals surface area contributed by atoms with Crippen molar-refractivity contribution in [3.63, 3.8) is 0 Å². The van der Waals surface area contributed by atoms with Crippen molar-refractivity contribution in [2.45, 2.75) is 6.42 Å². The zero-order chi connectivity index (χ0) is 25.5. The number of nitrogens with one attached hydrogen (secondary N) is 1. The molecule has 2 saturated heterocycles. The summed E-state index contributed by atoms with van der Waals surface area (Å²) in [6, 6.07) is 16.9. The number of hydrogen-bond donors (Lipinski definition) is 1. The molecule has 194 valence electrons. The SMILES string of the molecule is O=C(c1ccc(Nc2nccc(-c3ccc(Cl)cc3)n2)cc1)N1CCN(CCCN2CCOCC2)CC1. The van der Waals surface area contributed by atoms with Crippen LogP contribution in [-0.4, -0.2) is 96.1 Å². The summed E-state index contributed by atoms with van der Waals surface area (Å²) in [4.78, 5) is 28.9. The Morgan fingerprint density at radius 1 is 0.865 bits per heavy atom. The van der Waals surface area contributed by atoms with E-state index in [-0.39, 0.29) is 5.91 Å². The van der Waals surface area contributed by atoms with Crippen LogP contribution in [-0.2, 0) is 4.74 Å². The number of piperazine rings is 1. The number of nitrogens with zero attached hydrogens (tertiary/aromatic N) is 5. The molecule has 0 bridgehead atoms. The lowest BCUT2D eigenvalue weighted by Gasteiger charge is -2.35. The average molecular weight is 521 g/mol. The fourth-order valence-electron chi connectivity index (χ4n) is 4.73. The van der Waals surface area contributed by atoms with Crippen molar-refractivity contribution >= 4 is 29.1 Å². The Morgan fingerprint density at radius 2 is 1.54 bits per heavy atom. The van der Waals surface area contributed by atoms with E-state index in [1.807, 2.05) is 59.5 Å². The Bertz CT molecular complexity index is 1160. The number of carbonyl (C=O) groups is 1. The van der Waals surface area contributed by atoms with Crippen molar-refractivity contribution < 1.29 is 9.53 Å². The van der Waals surface area contributed by atoms with E-state index in [9.17, 15) is 4.79 Å². The summed E-state index contributed by atoms with van der Waals surface area (Å²) in [6.45, 7) is 9.38. The second-order valence-corrected chi connectivity index (χ2v) is 9.85. The highest BCUT2D eigenvalue weighted by Crippen LogP contribution is 2.22. The van der Waals surface area contributed by atoms with Gasteiger partial charge in [-0.1, -0.05) is 23.7 Å². The number of halogens is 1. The second kappa shape index (κ2) is 12.5. The zero-order valence-electron chi connectivity index (χ0n) is 21.0. The summed E-state index contributed by atoms with van der Waals surface area (Å²) >= 11 is 5.99. The molecule has 8 nitrogen and oxygen atoms in total. The van der Waals surface area contributed by atoms with E-state index in [0.717, 1.165) is 88.9 Å². The number of amides is 1. The van der Waals surface area contributed by atoms with E-state index < -0.39 is 0 Å². The minimum Gasteiger partial charge on any atom is -0.379 e. The predicted molar refractivity (Wildman–Crippen MR) is 146 cm³/mol. The van der Waals surface area contributed by atoms with Gasteiger partial charge < -0.3 is 15.0 Å². The highest BCUT2D eigenvalue weighted by molar-refractivity contribution is 6.30. The third-order valence-corrected chi connectivity index (χ3v) is 7.15. The van der Waals surface area contributed by atoms with Crippen molar-refractivity contribution in [1.29, 1.82) is 0 Å². The number of carbonyl (C=O) groups excluding carboxylic acids is 1. The van der Waals surface area contributed by atoms with Crippen molar-refractivity contribution in [2.75, 3.05) is 70.9 Å². The van der Waals surface area contributed by atoms with Crippen LogP contribution in [0.5, 0.6) is 0 Å². The molecule has 1 aromatic heterocycles. The Hall–Kier alpha value is -3.04. The Morgan fingerprint density at radius 3 is 2.24 bits per heavy atom. The van der Waals surface area contributed by atoms with Gasteiger partial charge in [0.2, 0.25) is 5.95 Å². The lowest BCUT2D eigenvalue weighted by Crippen LogP contribution is -2.49. The van der Waals surface area contributed by atoms with Crippen LogP contribution in [0.4, 0.5) is 11.6 Å². The molecule has 2 aliphatic rings. The molecule has 5 rings (SSSR count). The van der Waals surface area contributed by atoms with Gasteiger partial charge in [0.1, 0.15) is 0 Å². The molecule has 0 atom stereocenters. The van der Waals surface area contributed by atoms with Crippen LogP contribution >= 0.6 is 11.6 Å². The van der Waals surface area contributed by atoms with Crippen LogP contribution in [0.15, 0.2) is 60.8 Å². The summed E-state index contributed by atoms with van der Waals surface area (Å²) < 4.78 is 5.42. The molecule has 0 radical (unpaired) electrons. The topological polar surface area (TPSA) is 73.8 Å². The number of hydrogen-bond acceptors (Lipinski definition) is 7. The molecule has 2 aliphatic heterocycles. The smallest absolute Gasteiger partial charge is 0.253 e. The van der Waals surface area contributed by atoms with Gasteiger partial charge in [-0.25, -0.2) is 9.97 Å². The minimum atomic E-state index is 0.0838. The van der Waals surface area contributed by atoms with E-state index >= 15 is 0 Å². The molecule has 0 spiro atoms. The van der Waals surface area contributed by atoms with E-state index in [0.29, 0.717) is 16.5 Å². The van der Waals surface area contributed by atoms with Gasteiger partial charge in [0, 0.05) is 67.3 Å². The molecule has 1 amide bonds. The van der Waals surface area contributed by atoms with Gasteiger partial charge in [0.25, 0.3) is 5.91 Å². The molecule has 3 aromatic rings. The highest BCUT2D eigenvalue weighted by atomic mass is 35.5. The van der Waals surface area contributed by atoms with Gasteiger partial charge in [-0.2, -0.15) is 0 Å². The van der Waals surface area contributed by atoms with Gasteiger partial charge in [-0.05, 0) is 62.0 Å². The second-order valence-electron chi connectivity index (χ2n) is 9.42. The van der Waals surface area contributed by atoms with Crippen LogP contribution < -0.4 is 5.32 Å². The zero-order valence-corrected chi connectivity index (χ0v) is 21.7. The van der Waals surface area contributed by atoms with E-state index in [1.165, 1.54) is 0 Å². The van der Waals surface area contributed by atoms with Crippen LogP contribution in [0, 0.1) is 0 Å². The van der Waals surface area contributed by atoms with Crippen LogP contribution in [0.1, 0.15) is 16.8 Å². The lowest BCUT2D eigenvalue weighted by molar-refractivity contribution is 0.0349. The van der Waals surface area contributed by atoms with Gasteiger partial charge in [0.15, 0.2) is 0 Å². The predicted octanol–water partition coefficient (Wildman–Crippen LogP) is 4.02. The molecular weight excluding hydrogens is 488 g/mol. The lowest BCUT2D eigenvalue weighted by atomic mass is 10.1. The molecule has 2 fully saturated rings. The first kappa shape index (κ1) is 25.6. The number of morpholine rings is 1. The standard InChI is InChI=1S/C28H33ClN6O2/c29-24-6-2-22(3-7-24)26-10-11-30-28(32-26)31-25-8-4-23(5-9-25)27(36)35-16-14-33(15-17-35)12-1-13-34-18-20-37-21-19-34/h2-11H,1,12-21H2,(H,30,31,32). The fourth-order valence-corrected chi connectivity index (χ4v) is 4.85. The van der Waals surface area contributed by atoms with Gasteiger partial charge >= 0.3 is 0 Å². The third kappa shape index (κ3) is 7.05. The van der Waals surface area contributed by atoms with Crippen LogP contribution in [0.2, 0.25) is 5.02 Å². The molecule has 0 saturated carbocycles. The summed E-state index contributed by atoms with van der Waals surface area (Å²) in [5, 5.41) is 3.92.